The number of nitriles is 1. The van der Waals surface area contributed by atoms with Crippen molar-refractivity contribution >= 4 is 46.7 Å². The molecule has 2 aromatic carbocycles. The van der Waals surface area contributed by atoms with Gasteiger partial charge in [-0.1, -0.05) is 35.3 Å². The number of rotatable bonds is 4. The van der Waals surface area contributed by atoms with E-state index in [2.05, 4.69) is 4.98 Å². The average molecular weight is 441 g/mol. The summed E-state index contributed by atoms with van der Waals surface area (Å²) in [5, 5.41) is 19.3. The molecule has 0 radical (unpaired) electrons. The first-order chi connectivity index (χ1) is 14.2. The van der Waals surface area contributed by atoms with Crippen LogP contribution in [0.2, 0.25) is 10.0 Å². The van der Waals surface area contributed by atoms with E-state index in [0.717, 1.165) is 5.56 Å². The average Bonchev–Trinajstić information content (AvgIpc) is 3.21. The zero-order chi connectivity index (χ0) is 21.6. The van der Waals surface area contributed by atoms with Crippen molar-refractivity contribution in [3.8, 4) is 6.07 Å². The minimum absolute atomic E-state index is 0.106. The van der Waals surface area contributed by atoms with Crippen LogP contribution in [0.25, 0.3) is 0 Å². The molecule has 1 N–H and O–H groups in total. The minimum atomic E-state index is -1.26. The Kier molecular flexibility index (Phi) is 4.77. The highest BCUT2D eigenvalue weighted by Crippen LogP contribution is 2.43. The van der Waals surface area contributed by atoms with E-state index in [0.29, 0.717) is 21.3 Å². The van der Waals surface area contributed by atoms with Gasteiger partial charge in [-0.05, 0) is 42.8 Å². The van der Waals surface area contributed by atoms with Crippen LogP contribution in [0.1, 0.15) is 28.5 Å². The van der Waals surface area contributed by atoms with Gasteiger partial charge in [0.05, 0.1) is 23.5 Å². The van der Waals surface area contributed by atoms with Crippen LogP contribution in [0.4, 0.5) is 11.6 Å². The highest BCUT2D eigenvalue weighted by molar-refractivity contribution is 6.35. The molecular weight excluding hydrogens is 427 g/mol. The molecule has 1 aliphatic rings. The zero-order valence-corrected chi connectivity index (χ0v) is 17.1. The number of carboxylic acid groups (broad SMARTS) is 1. The summed E-state index contributed by atoms with van der Waals surface area (Å²) in [6, 6.07) is 13.5. The standard InChI is InChI=1S/C21H14Cl2N4O3/c1-21(9-12-2-4-13(10-24)5-3-12)19(30)26(16-7-14(22)6-15(23)8-16)20-25-11-17(18(28)29)27(20)21/h2-8,11H,9H2,1H3,(H,28,29)/t21-/m1/s1. The number of halogens is 2. The van der Waals surface area contributed by atoms with E-state index < -0.39 is 11.5 Å². The van der Waals surface area contributed by atoms with Gasteiger partial charge in [0.15, 0.2) is 0 Å². The number of carbonyl (C=O) groups excluding carboxylic acids is 1. The van der Waals surface area contributed by atoms with Gasteiger partial charge in [0.1, 0.15) is 11.2 Å². The Labute approximate surface area is 181 Å². The summed E-state index contributed by atoms with van der Waals surface area (Å²) >= 11 is 12.2. The molecule has 4 rings (SSSR count). The maximum Gasteiger partial charge on any atom is 0.354 e. The maximum absolute atomic E-state index is 13.6. The third-order valence-electron chi connectivity index (χ3n) is 5.06. The van der Waals surface area contributed by atoms with E-state index >= 15 is 0 Å². The highest BCUT2D eigenvalue weighted by Gasteiger charge is 2.51. The quantitative estimate of drug-likeness (QED) is 0.647. The number of fused-ring (bicyclic) bond motifs is 1. The van der Waals surface area contributed by atoms with Crippen LogP contribution >= 0.6 is 23.2 Å². The topological polar surface area (TPSA) is 99.2 Å². The molecule has 1 aromatic heterocycles. The van der Waals surface area contributed by atoms with E-state index in [1.165, 1.54) is 21.7 Å². The van der Waals surface area contributed by atoms with Gasteiger partial charge in [-0.2, -0.15) is 5.26 Å². The lowest BCUT2D eigenvalue weighted by Crippen LogP contribution is -2.42. The first-order valence-electron chi connectivity index (χ1n) is 8.86. The Balaban J connectivity index is 1.87. The lowest BCUT2D eigenvalue weighted by atomic mass is 9.91. The number of hydrogen-bond donors (Lipinski definition) is 1. The number of imidazole rings is 1. The monoisotopic (exact) mass is 440 g/mol. The van der Waals surface area contributed by atoms with Gasteiger partial charge in [0, 0.05) is 16.5 Å². The highest BCUT2D eigenvalue weighted by atomic mass is 35.5. The summed E-state index contributed by atoms with van der Waals surface area (Å²) in [5.41, 5.74) is 0.288. The molecule has 0 saturated heterocycles. The molecule has 0 spiro atoms. The van der Waals surface area contributed by atoms with Crippen molar-refractivity contribution in [3.63, 3.8) is 0 Å². The van der Waals surface area contributed by atoms with Crippen molar-refractivity contribution in [3.05, 3.63) is 75.5 Å². The maximum atomic E-state index is 13.6. The summed E-state index contributed by atoms with van der Waals surface area (Å²) in [6.07, 6.45) is 1.42. The van der Waals surface area contributed by atoms with Crippen molar-refractivity contribution in [2.24, 2.45) is 0 Å². The van der Waals surface area contributed by atoms with Crippen LogP contribution in [0.15, 0.2) is 48.7 Å². The molecule has 2 heterocycles. The van der Waals surface area contributed by atoms with Crippen molar-refractivity contribution in [1.82, 2.24) is 9.55 Å². The molecule has 7 nitrogen and oxygen atoms in total. The van der Waals surface area contributed by atoms with Crippen LogP contribution in [0.5, 0.6) is 0 Å². The molecule has 1 amide bonds. The Morgan fingerprint density at radius 3 is 2.40 bits per heavy atom. The number of anilines is 2. The number of carbonyl (C=O) groups is 2. The fraction of sp³-hybridized carbons (Fsp3) is 0.143. The Morgan fingerprint density at radius 2 is 1.83 bits per heavy atom. The van der Waals surface area contributed by atoms with Crippen molar-refractivity contribution < 1.29 is 14.7 Å². The number of carboxylic acids is 1. The molecule has 1 aliphatic heterocycles. The molecule has 0 aliphatic carbocycles. The largest absolute Gasteiger partial charge is 0.477 e. The second kappa shape index (κ2) is 7.17. The number of nitrogens with zero attached hydrogens (tertiary/aromatic N) is 4. The third-order valence-corrected chi connectivity index (χ3v) is 5.49. The van der Waals surface area contributed by atoms with E-state index in [4.69, 9.17) is 28.5 Å². The first kappa shape index (κ1) is 20.0. The van der Waals surface area contributed by atoms with Crippen LogP contribution in [0, 0.1) is 11.3 Å². The molecular formula is C21H14Cl2N4O3. The predicted molar refractivity (Wildman–Crippen MR) is 111 cm³/mol. The zero-order valence-electron chi connectivity index (χ0n) is 15.6. The van der Waals surface area contributed by atoms with E-state index in [1.807, 2.05) is 6.07 Å². The van der Waals surface area contributed by atoms with Crippen LogP contribution in [0.3, 0.4) is 0 Å². The fourth-order valence-corrected chi connectivity index (χ4v) is 4.23. The van der Waals surface area contributed by atoms with Crippen molar-refractivity contribution in [2.45, 2.75) is 18.9 Å². The lowest BCUT2D eigenvalue weighted by molar-refractivity contribution is -0.123. The molecule has 0 unspecified atom stereocenters. The van der Waals surface area contributed by atoms with Crippen molar-refractivity contribution in [1.29, 1.82) is 5.26 Å². The normalized spacial score (nSPS) is 17.7. The van der Waals surface area contributed by atoms with Gasteiger partial charge >= 0.3 is 5.97 Å². The molecule has 0 fully saturated rings. The predicted octanol–water partition coefficient (Wildman–Crippen LogP) is 4.40. The summed E-state index contributed by atoms with van der Waals surface area (Å²) in [7, 11) is 0. The Hall–Kier alpha value is -3.34. The smallest absolute Gasteiger partial charge is 0.354 e. The molecule has 0 saturated carbocycles. The SMILES string of the molecule is C[C@@]1(Cc2ccc(C#N)cc2)C(=O)N(c2cc(Cl)cc(Cl)c2)c2ncc(C(=O)O)n21. The Bertz CT molecular complexity index is 1210. The number of amides is 1. The van der Waals surface area contributed by atoms with Gasteiger partial charge in [-0.15, -0.1) is 0 Å². The van der Waals surface area contributed by atoms with Gasteiger partial charge in [0.25, 0.3) is 5.91 Å². The van der Waals surface area contributed by atoms with Crippen LogP contribution in [-0.2, 0) is 16.8 Å². The van der Waals surface area contributed by atoms with Crippen LogP contribution < -0.4 is 4.90 Å². The van der Waals surface area contributed by atoms with Gasteiger partial charge in [-0.25, -0.2) is 14.7 Å². The summed E-state index contributed by atoms with van der Waals surface area (Å²) in [5.74, 6) is -1.39. The molecule has 30 heavy (non-hydrogen) atoms. The van der Waals surface area contributed by atoms with Gasteiger partial charge in [-0.3, -0.25) is 9.36 Å². The number of aromatic carboxylic acids is 1. The summed E-state index contributed by atoms with van der Waals surface area (Å²) in [4.78, 5) is 31.0. The van der Waals surface area contributed by atoms with Gasteiger partial charge in [0.2, 0.25) is 5.95 Å². The molecule has 0 bridgehead atoms. The summed E-state index contributed by atoms with van der Waals surface area (Å²) < 4.78 is 1.42. The first-order valence-corrected chi connectivity index (χ1v) is 9.61. The van der Waals surface area contributed by atoms with E-state index in [1.54, 1.807) is 43.3 Å². The fourth-order valence-electron chi connectivity index (χ4n) is 3.71. The molecule has 3 aromatic rings. The minimum Gasteiger partial charge on any atom is -0.477 e. The van der Waals surface area contributed by atoms with Gasteiger partial charge < -0.3 is 5.11 Å². The van der Waals surface area contributed by atoms with E-state index in [-0.39, 0.29) is 24.0 Å². The van der Waals surface area contributed by atoms with Crippen LogP contribution in [-0.4, -0.2) is 26.5 Å². The van der Waals surface area contributed by atoms with Crippen molar-refractivity contribution in [2.75, 3.05) is 4.90 Å². The summed E-state index contributed by atoms with van der Waals surface area (Å²) in [6.45, 7) is 1.66. The molecule has 9 heteroatoms. The second-order valence-electron chi connectivity index (χ2n) is 7.11. The third kappa shape index (κ3) is 3.11. The van der Waals surface area contributed by atoms with E-state index in [9.17, 15) is 14.7 Å². The number of hydrogen-bond acceptors (Lipinski definition) is 4. The second-order valence-corrected chi connectivity index (χ2v) is 7.98. The molecule has 150 valence electrons. The Morgan fingerprint density at radius 1 is 1.20 bits per heavy atom. The molecule has 1 atom stereocenters. The number of benzene rings is 2. The lowest BCUT2D eigenvalue weighted by Gasteiger charge is -2.26. The number of aromatic nitrogens is 2.